The summed E-state index contributed by atoms with van der Waals surface area (Å²) in [5.41, 5.74) is 1.95. The van der Waals surface area contributed by atoms with Gasteiger partial charge in [-0.3, -0.25) is 9.78 Å². The van der Waals surface area contributed by atoms with Crippen molar-refractivity contribution in [2.45, 2.75) is 45.4 Å². The highest BCUT2D eigenvalue weighted by Crippen LogP contribution is 2.39. The molecule has 1 aliphatic rings. The van der Waals surface area contributed by atoms with Crippen molar-refractivity contribution in [3.05, 3.63) is 36.5 Å². The molecular formula is C18H22N2O. The van der Waals surface area contributed by atoms with Gasteiger partial charge in [-0.2, -0.15) is 0 Å². The number of pyridine rings is 1. The molecule has 1 fully saturated rings. The molecule has 0 bridgehead atoms. The zero-order valence-electron chi connectivity index (χ0n) is 12.6. The number of rotatable bonds is 3. The van der Waals surface area contributed by atoms with Gasteiger partial charge in [-0.1, -0.05) is 32.3 Å². The first-order valence-corrected chi connectivity index (χ1v) is 7.80. The van der Waals surface area contributed by atoms with E-state index in [-0.39, 0.29) is 11.3 Å². The molecule has 110 valence electrons. The fraction of sp³-hybridized carbons (Fsp3) is 0.444. The van der Waals surface area contributed by atoms with Gasteiger partial charge < -0.3 is 5.32 Å². The number of fused-ring (bicyclic) bond motifs is 1. The molecule has 0 atom stereocenters. The number of carbonyl (C=O) groups excluding carboxylic acids is 1. The Morgan fingerprint density at radius 2 is 2.00 bits per heavy atom. The number of amides is 1. The molecule has 21 heavy (non-hydrogen) atoms. The summed E-state index contributed by atoms with van der Waals surface area (Å²) >= 11 is 0. The Hall–Kier alpha value is -1.90. The molecule has 1 heterocycles. The topological polar surface area (TPSA) is 42.0 Å². The first-order valence-electron chi connectivity index (χ1n) is 7.80. The predicted molar refractivity (Wildman–Crippen MR) is 86.2 cm³/mol. The van der Waals surface area contributed by atoms with E-state index in [0.29, 0.717) is 6.42 Å². The number of aromatic nitrogens is 1. The van der Waals surface area contributed by atoms with Gasteiger partial charge in [-0.25, -0.2) is 0 Å². The van der Waals surface area contributed by atoms with Gasteiger partial charge in [0.05, 0.1) is 11.2 Å². The van der Waals surface area contributed by atoms with Crippen molar-refractivity contribution in [1.82, 2.24) is 4.98 Å². The SMILES string of the molecule is CC1(CC(=O)Nc2cccc3ncccc23)CCCCC1. The molecule has 1 aromatic heterocycles. The van der Waals surface area contributed by atoms with Crippen LogP contribution in [0.1, 0.15) is 45.4 Å². The van der Waals surface area contributed by atoms with Crippen LogP contribution < -0.4 is 5.32 Å². The molecule has 3 heteroatoms. The minimum Gasteiger partial charge on any atom is -0.325 e. The molecule has 2 aromatic rings. The Bertz CT molecular complexity index is 639. The summed E-state index contributed by atoms with van der Waals surface area (Å²) in [4.78, 5) is 16.7. The summed E-state index contributed by atoms with van der Waals surface area (Å²) < 4.78 is 0. The Balaban J connectivity index is 1.74. The summed E-state index contributed by atoms with van der Waals surface area (Å²) in [7, 11) is 0. The van der Waals surface area contributed by atoms with E-state index in [4.69, 9.17) is 0 Å². The number of hydrogen-bond donors (Lipinski definition) is 1. The van der Waals surface area contributed by atoms with Crippen LogP contribution in [0.25, 0.3) is 10.9 Å². The van der Waals surface area contributed by atoms with Crippen LogP contribution in [0.15, 0.2) is 36.5 Å². The van der Waals surface area contributed by atoms with Crippen LogP contribution in [0.2, 0.25) is 0 Å². The first kappa shape index (κ1) is 14.1. The van der Waals surface area contributed by atoms with E-state index in [1.54, 1.807) is 6.20 Å². The lowest BCUT2D eigenvalue weighted by molar-refractivity contribution is -0.118. The Labute approximate surface area is 125 Å². The van der Waals surface area contributed by atoms with Crippen LogP contribution in [0.3, 0.4) is 0 Å². The maximum atomic E-state index is 12.4. The fourth-order valence-corrected chi connectivity index (χ4v) is 3.38. The van der Waals surface area contributed by atoms with Crippen LogP contribution in [-0.4, -0.2) is 10.9 Å². The second-order valence-electron chi connectivity index (χ2n) is 6.47. The third-order valence-electron chi connectivity index (χ3n) is 4.57. The molecule has 0 spiro atoms. The highest BCUT2D eigenvalue weighted by molar-refractivity contribution is 6.01. The van der Waals surface area contributed by atoms with E-state index >= 15 is 0 Å². The van der Waals surface area contributed by atoms with E-state index in [1.165, 1.54) is 19.3 Å². The van der Waals surface area contributed by atoms with Crippen LogP contribution in [0.4, 0.5) is 5.69 Å². The summed E-state index contributed by atoms with van der Waals surface area (Å²) in [6, 6.07) is 9.76. The van der Waals surface area contributed by atoms with Gasteiger partial charge in [0.2, 0.25) is 5.91 Å². The zero-order valence-corrected chi connectivity index (χ0v) is 12.6. The Kier molecular flexibility index (Phi) is 3.91. The van der Waals surface area contributed by atoms with Crippen molar-refractivity contribution in [2.24, 2.45) is 5.41 Å². The normalized spacial score (nSPS) is 17.6. The standard InChI is InChI=1S/C18H22N2O/c1-18(10-3-2-4-11-18)13-17(21)20-16-9-5-8-15-14(16)7-6-12-19-15/h5-9,12H,2-4,10-11,13H2,1H3,(H,20,21). The van der Waals surface area contributed by atoms with Gasteiger partial charge in [0, 0.05) is 18.0 Å². The third kappa shape index (κ3) is 3.23. The maximum absolute atomic E-state index is 12.4. The smallest absolute Gasteiger partial charge is 0.224 e. The molecule has 1 saturated carbocycles. The molecule has 0 saturated heterocycles. The minimum atomic E-state index is 0.121. The Morgan fingerprint density at radius 1 is 1.19 bits per heavy atom. The molecule has 0 unspecified atom stereocenters. The van der Waals surface area contributed by atoms with Gasteiger partial charge >= 0.3 is 0 Å². The first-order chi connectivity index (χ1) is 10.2. The Morgan fingerprint density at radius 3 is 2.81 bits per heavy atom. The lowest BCUT2D eigenvalue weighted by Crippen LogP contribution is -2.27. The highest BCUT2D eigenvalue weighted by atomic mass is 16.1. The average Bonchev–Trinajstić information content (AvgIpc) is 2.48. The number of hydrogen-bond acceptors (Lipinski definition) is 2. The maximum Gasteiger partial charge on any atom is 0.224 e. The largest absolute Gasteiger partial charge is 0.325 e. The quantitative estimate of drug-likeness (QED) is 0.898. The third-order valence-corrected chi connectivity index (χ3v) is 4.57. The molecule has 1 N–H and O–H groups in total. The van der Waals surface area contributed by atoms with Gasteiger partial charge in [-0.05, 0) is 42.5 Å². The lowest BCUT2D eigenvalue weighted by Gasteiger charge is -2.32. The highest BCUT2D eigenvalue weighted by Gasteiger charge is 2.29. The fourth-order valence-electron chi connectivity index (χ4n) is 3.38. The predicted octanol–water partition coefficient (Wildman–Crippen LogP) is 4.53. The molecule has 3 nitrogen and oxygen atoms in total. The molecule has 3 rings (SSSR count). The van der Waals surface area contributed by atoms with Crippen LogP contribution in [0.5, 0.6) is 0 Å². The number of anilines is 1. The molecule has 0 radical (unpaired) electrons. The van der Waals surface area contributed by atoms with Crippen molar-refractivity contribution in [1.29, 1.82) is 0 Å². The number of benzene rings is 1. The van der Waals surface area contributed by atoms with E-state index in [9.17, 15) is 4.79 Å². The lowest BCUT2D eigenvalue weighted by atomic mass is 9.73. The molecule has 1 aromatic carbocycles. The van der Waals surface area contributed by atoms with Gasteiger partial charge in [0.25, 0.3) is 0 Å². The van der Waals surface area contributed by atoms with E-state index in [1.807, 2.05) is 30.3 Å². The second-order valence-corrected chi connectivity index (χ2v) is 6.47. The zero-order chi connectivity index (χ0) is 14.7. The van der Waals surface area contributed by atoms with Gasteiger partial charge in [-0.15, -0.1) is 0 Å². The molecule has 0 aliphatic heterocycles. The van der Waals surface area contributed by atoms with Crippen molar-refractivity contribution in [2.75, 3.05) is 5.32 Å². The van der Waals surface area contributed by atoms with Crippen molar-refractivity contribution in [3.63, 3.8) is 0 Å². The molecular weight excluding hydrogens is 260 g/mol. The van der Waals surface area contributed by atoms with Gasteiger partial charge in [0.15, 0.2) is 0 Å². The van der Waals surface area contributed by atoms with E-state index in [0.717, 1.165) is 29.4 Å². The molecule has 1 amide bonds. The number of nitrogens with zero attached hydrogens (tertiary/aromatic N) is 1. The number of nitrogens with one attached hydrogen (secondary N) is 1. The van der Waals surface area contributed by atoms with Crippen molar-refractivity contribution < 1.29 is 4.79 Å². The average molecular weight is 282 g/mol. The van der Waals surface area contributed by atoms with E-state index in [2.05, 4.69) is 17.2 Å². The van der Waals surface area contributed by atoms with Gasteiger partial charge in [0.1, 0.15) is 0 Å². The minimum absolute atomic E-state index is 0.121. The van der Waals surface area contributed by atoms with Crippen LogP contribution in [0, 0.1) is 5.41 Å². The van der Waals surface area contributed by atoms with Crippen molar-refractivity contribution >= 4 is 22.5 Å². The second kappa shape index (κ2) is 5.84. The van der Waals surface area contributed by atoms with Crippen LogP contribution in [-0.2, 0) is 4.79 Å². The summed E-state index contributed by atoms with van der Waals surface area (Å²) in [6.07, 6.45) is 8.53. The summed E-state index contributed by atoms with van der Waals surface area (Å²) in [5, 5.41) is 4.08. The molecule has 1 aliphatic carbocycles. The van der Waals surface area contributed by atoms with Crippen molar-refractivity contribution in [3.8, 4) is 0 Å². The monoisotopic (exact) mass is 282 g/mol. The van der Waals surface area contributed by atoms with Crippen LogP contribution >= 0.6 is 0 Å². The summed E-state index contributed by atoms with van der Waals surface area (Å²) in [5.74, 6) is 0.121. The number of carbonyl (C=O) groups is 1. The summed E-state index contributed by atoms with van der Waals surface area (Å²) in [6.45, 7) is 2.25. The van der Waals surface area contributed by atoms with E-state index < -0.39 is 0 Å².